The van der Waals surface area contributed by atoms with Gasteiger partial charge in [0.2, 0.25) is 5.91 Å². The number of nitrogens with one attached hydrogen (secondary N) is 2. The smallest absolute Gasteiger partial charge is 0.321 e. The lowest BCUT2D eigenvalue weighted by Crippen LogP contribution is -2.48. The van der Waals surface area contributed by atoms with E-state index in [1.54, 1.807) is 0 Å². The van der Waals surface area contributed by atoms with Crippen LogP contribution in [0.25, 0.3) is 0 Å². The molecule has 1 aliphatic rings. The van der Waals surface area contributed by atoms with Gasteiger partial charge >= 0.3 is 6.03 Å². The Bertz CT molecular complexity index is 537. The van der Waals surface area contributed by atoms with Crippen LogP contribution in [0.3, 0.4) is 0 Å². The molecule has 5 nitrogen and oxygen atoms in total. The number of hydrogen-bond acceptors (Lipinski definition) is 3. The zero-order chi connectivity index (χ0) is 16.9. The standard InChI is InChI=1S/C18H27N3O2/c1-18(2,3)20-17(23)19-16(22)10-12-21-11-9-15(13-21)14-7-5-4-6-8-14/h4-8,15H,9-13H2,1-3H3,(H2,19,20,22,23)/t15-/m0/s1. The fraction of sp³-hybridized carbons (Fsp3) is 0.556. The van der Waals surface area contributed by atoms with Crippen molar-refractivity contribution in [2.45, 2.75) is 45.1 Å². The third-order valence-corrected chi connectivity index (χ3v) is 3.94. The van der Waals surface area contributed by atoms with Crippen LogP contribution in [0.4, 0.5) is 4.79 Å². The second-order valence-electron chi connectivity index (χ2n) is 7.20. The summed E-state index contributed by atoms with van der Waals surface area (Å²) in [7, 11) is 0. The number of nitrogens with zero attached hydrogens (tertiary/aromatic N) is 1. The van der Waals surface area contributed by atoms with Crippen LogP contribution in [0.1, 0.15) is 45.1 Å². The zero-order valence-corrected chi connectivity index (χ0v) is 14.3. The van der Waals surface area contributed by atoms with Gasteiger partial charge in [-0.25, -0.2) is 4.79 Å². The zero-order valence-electron chi connectivity index (χ0n) is 14.3. The Morgan fingerprint density at radius 3 is 2.57 bits per heavy atom. The molecule has 1 atom stereocenters. The molecule has 23 heavy (non-hydrogen) atoms. The van der Waals surface area contributed by atoms with Gasteiger partial charge in [-0.05, 0) is 45.2 Å². The topological polar surface area (TPSA) is 61.4 Å². The van der Waals surface area contributed by atoms with E-state index < -0.39 is 6.03 Å². The van der Waals surface area contributed by atoms with E-state index in [1.165, 1.54) is 5.56 Å². The lowest BCUT2D eigenvalue weighted by Gasteiger charge is -2.20. The van der Waals surface area contributed by atoms with Crippen LogP contribution in [0, 0.1) is 0 Å². The van der Waals surface area contributed by atoms with Crippen molar-refractivity contribution < 1.29 is 9.59 Å². The van der Waals surface area contributed by atoms with Gasteiger partial charge in [-0.1, -0.05) is 30.3 Å². The number of likely N-dealkylation sites (tertiary alicyclic amines) is 1. The Balaban J connectivity index is 1.70. The molecule has 1 fully saturated rings. The number of imide groups is 1. The quantitative estimate of drug-likeness (QED) is 0.897. The molecule has 0 bridgehead atoms. The van der Waals surface area contributed by atoms with E-state index in [2.05, 4.69) is 39.8 Å². The van der Waals surface area contributed by atoms with Crippen molar-refractivity contribution in [3.63, 3.8) is 0 Å². The molecule has 2 N–H and O–H groups in total. The summed E-state index contributed by atoms with van der Waals surface area (Å²) in [4.78, 5) is 25.8. The second kappa shape index (κ2) is 7.59. The molecule has 0 aromatic heterocycles. The summed E-state index contributed by atoms with van der Waals surface area (Å²) in [6.45, 7) is 8.31. The first-order chi connectivity index (χ1) is 10.8. The molecule has 0 aliphatic carbocycles. The van der Waals surface area contributed by atoms with E-state index in [0.29, 0.717) is 18.9 Å². The van der Waals surface area contributed by atoms with E-state index in [9.17, 15) is 9.59 Å². The maximum absolute atomic E-state index is 11.8. The first kappa shape index (κ1) is 17.5. The average molecular weight is 317 g/mol. The van der Waals surface area contributed by atoms with E-state index >= 15 is 0 Å². The molecule has 2 rings (SSSR count). The van der Waals surface area contributed by atoms with Gasteiger partial charge in [-0.15, -0.1) is 0 Å². The van der Waals surface area contributed by atoms with Crippen LogP contribution in [-0.2, 0) is 4.79 Å². The highest BCUT2D eigenvalue weighted by Crippen LogP contribution is 2.26. The van der Waals surface area contributed by atoms with E-state index in [-0.39, 0.29) is 11.4 Å². The molecule has 1 aromatic rings. The van der Waals surface area contributed by atoms with E-state index in [4.69, 9.17) is 0 Å². The Morgan fingerprint density at radius 2 is 1.91 bits per heavy atom. The molecule has 1 heterocycles. The number of amides is 3. The van der Waals surface area contributed by atoms with Gasteiger partial charge in [0.25, 0.3) is 0 Å². The van der Waals surface area contributed by atoms with Gasteiger partial charge in [-0.2, -0.15) is 0 Å². The summed E-state index contributed by atoms with van der Waals surface area (Å²) in [5, 5.41) is 5.11. The molecule has 3 amide bonds. The lowest BCUT2D eigenvalue weighted by molar-refractivity contribution is -0.120. The summed E-state index contributed by atoms with van der Waals surface area (Å²) in [5.74, 6) is 0.318. The Hall–Kier alpha value is -1.88. The first-order valence-corrected chi connectivity index (χ1v) is 8.23. The molecule has 0 saturated carbocycles. The van der Waals surface area contributed by atoms with Crippen LogP contribution < -0.4 is 10.6 Å². The maximum atomic E-state index is 11.8. The molecule has 1 aliphatic heterocycles. The molecule has 1 saturated heterocycles. The molecule has 0 spiro atoms. The fourth-order valence-corrected chi connectivity index (χ4v) is 2.85. The largest absolute Gasteiger partial charge is 0.333 e. The third kappa shape index (κ3) is 6.02. The van der Waals surface area contributed by atoms with E-state index in [0.717, 1.165) is 19.5 Å². The predicted octanol–water partition coefficient (Wildman–Crippen LogP) is 2.49. The Kier molecular flexibility index (Phi) is 5.77. The minimum atomic E-state index is -0.425. The maximum Gasteiger partial charge on any atom is 0.321 e. The van der Waals surface area contributed by atoms with Gasteiger partial charge in [0.05, 0.1) is 0 Å². The molecule has 1 aromatic carbocycles. The molecule has 0 radical (unpaired) electrons. The number of rotatable bonds is 4. The van der Waals surface area contributed by atoms with Crippen LogP contribution >= 0.6 is 0 Å². The fourth-order valence-electron chi connectivity index (χ4n) is 2.85. The van der Waals surface area contributed by atoms with Crippen LogP contribution in [0.5, 0.6) is 0 Å². The highest BCUT2D eigenvalue weighted by molar-refractivity contribution is 5.94. The number of urea groups is 1. The van der Waals surface area contributed by atoms with Crippen molar-refractivity contribution in [2.24, 2.45) is 0 Å². The van der Waals surface area contributed by atoms with Gasteiger partial charge in [0, 0.05) is 25.0 Å². The first-order valence-electron chi connectivity index (χ1n) is 8.23. The Morgan fingerprint density at radius 1 is 1.22 bits per heavy atom. The molecule has 5 heteroatoms. The van der Waals surface area contributed by atoms with Crippen molar-refractivity contribution in [3.05, 3.63) is 35.9 Å². The van der Waals surface area contributed by atoms with Gasteiger partial charge in [0.1, 0.15) is 0 Å². The summed E-state index contributed by atoms with van der Waals surface area (Å²) in [6.07, 6.45) is 1.47. The summed E-state index contributed by atoms with van der Waals surface area (Å²) in [5.41, 5.74) is 1.02. The van der Waals surface area contributed by atoms with Gasteiger partial charge in [0.15, 0.2) is 0 Å². The predicted molar refractivity (Wildman–Crippen MR) is 91.3 cm³/mol. The minimum absolute atomic E-state index is 0.227. The van der Waals surface area contributed by atoms with Crippen molar-refractivity contribution in [1.82, 2.24) is 15.5 Å². The van der Waals surface area contributed by atoms with Crippen LogP contribution in [0.15, 0.2) is 30.3 Å². The SMILES string of the molecule is CC(C)(C)NC(=O)NC(=O)CCN1CC[C@H](c2ccccc2)C1. The van der Waals surface area contributed by atoms with E-state index in [1.807, 2.05) is 26.8 Å². The monoisotopic (exact) mass is 317 g/mol. The van der Waals surface area contributed by atoms with Gasteiger partial charge < -0.3 is 10.2 Å². The molecule has 0 unspecified atom stereocenters. The normalized spacial score (nSPS) is 18.7. The third-order valence-electron chi connectivity index (χ3n) is 3.94. The van der Waals surface area contributed by atoms with Crippen LogP contribution in [-0.4, -0.2) is 42.0 Å². The molecular weight excluding hydrogens is 290 g/mol. The number of carbonyl (C=O) groups excluding carboxylic acids is 2. The van der Waals surface area contributed by atoms with Crippen molar-refractivity contribution in [3.8, 4) is 0 Å². The summed E-state index contributed by atoms with van der Waals surface area (Å²) < 4.78 is 0. The number of carbonyl (C=O) groups is 2. The van der Waals surface area contributed by atoms with Crippen molar-refractivity contribution >= 4 is 11.9 Å². The number of hydrogen-bond donors (Lipinski definition) is 2. The van der Waals surface area contributed by atoms with Gasteiger partial charge in [-0.3, -0.25) is 10.1 Å². The van der Waals surface area contributed by atoms with Crippen LogP contribution in [0.2, 0.25) is 0 Å². The lowest BCUT2D eigenvalue weighted by atomic mass is 9.99. The summed E-state index contributed by atoms with van der Waals surface area (Å²) in [6, 6.07) is 10.1. The summed E-state index contributed by atoms with van der Waals surface area (Å²) >= 11 is 0. The van der Waals surface area contributed by atoms with Crippen molar-refractivity contribution in [1.29, 1.82) is 0 Å². The molecule has 126 valence electrons. The Labute approximate surface area is 138 Å². The highest BCUT2D eigenvalue weighted by Gasteiger charge is 2.24. The molecular formula is C18H27N3O2. The average Bonchev–Trinajstić information content (AvgIpc) is 2.93. The number of benzene rings is 1. The van der Waals surface area contributed by atoms with Crippen molar-refractivity contribution in [2.75, 3.05) is 19.6 Å². The highest BCUT2D eigenvalue weighted by atomic mass is 16.2. The second-order valence-corrected chi connectivity index (χ2v) is 7.20. The minimum Gasteiger partial charge on any atom is -0.333 e.